The van der Waals surface area contributed by atoms with E-state index >= 15 is 0 Å². The molecule has 2 N–H and O–H groups in total. The third-order valence-electron chi connectivity index (χ3n) is 4.40. The number of carboxylic acids is 1. The monoisotopic (exact) mass is 404 g/mol. The van der Waals surface area contributed by atoms with E-state index in [1.807, 2.05) is 6.07 Å². The Morgan fingerprint density at radius 1 is 1.35 bits per heavy atom. The fourth-order valence-corrected chi connectivity index (χ4v) is 4.80. The number of β-lactam (4-membered cyclic amide) rings is 1. The van der Waals surface area contributed by atoms with Crippen LogP contribution in [-0.2, 0) is 14.4 Å². The summed E-state index contributed by atoms with van der Waals surface area (Å²) in [4.78, 5) is 37.5. The molecule has 2 aliphatic heterocycles. The molecule has 0 spiro atoms. The number of hydrogen-bond donors (Lipinski definition) is 2. The summed E-state index contributed by atoms with van der Waals surface area (Å²) in [7, 11) is 0. The van der Waals surface area contributed by atoms with E-state index in [1.165, 1.54) is 16.7 Å². The van der Waals surface area contributed by atoms with Crippen LogP contribution in [-0.4, -0.2) is 56.1 Å². The molecule has 136 valence electrons. The van der Waals surface area contributed by atoms with Crippen LogP contribution in [0.15, 0.2) is 30.3 Å². The van der Waals surface area contributed by atoms with Gasteiger partial charge in [0.15, 0.2) is 6.10 Å². The van der Waals surface area contributed by atoms with Crippen LogP contribution in [0.3, 0.4) is 0 Å². The van der Waals surface area contributed by atoms with E-state index < -0.39 is 34.8 Å². The zero-order chi connectivity index (χ0) is 18.4. The maximum atomic E-state index is 12.4. The van der Waals surface area contributed by atoms with Crippen molar-refractivity contribution in [2.45, 2.75) is 49.1 Å². The van der Waals surface area contributed by atoms with Crippen LogP contribution >= 0.6 is 11.8 Å². The number of aliphatic carboxylic acids is 1. The number of para-hydroxylation sites is 1. The van der Waals surface area contributed by atoms with Gasteiger partial charge in [0.05, 0.1) is 0 Å². The molecule has 2 aliphatic rings. The summed E-state index contributed by atoms with van der Waals surface area (Å²) in [5, 5.41) is 11.7. The van der Waals surface area contributed by atoms with Gasteiger partial charge in [0.1, 0.15) is 23.2 Å². The van der Waals surface area contributed by atoms with Crippen molar-refractivity contribution in [3.63, 3.8) is 0 Å². The van der Waals surface area contributed by atoms with Crippen molar-refractivity contribution in [2.24, 2.45) is 0 Å². The largest absolute Gasteiger partial charge is 1.00 e. The molecule has 26 heavy (non-hydrogen) atoms. The Morgan fingerprint density at radius 2 is 1.96 bits per heavy atom. The molecule has 2 saturated heterocycles. The predicted octanol–water partition coefficient (Wildman–Crippen LogP) is -1.80. The third kappa shape index (κ3) is 3.97. The zero-order valence-corrected chi connectivity index (χ0v) is 19.1. The number of nitrogens with zero attached hydrogens (tertiary/aromatic N) is 1. The number of fused-ring (bicyclic) bond motifs is 1. The Bertz CT molecular complexity index is 721. The molecule has 1 aromatic carbocycles. The Morgan fingerprint density at radius 3 is 2.54 bits per heavy atom. The Kier molecular flexibility index (Phi) is 6.84. The molecule has 0 bridgehead atoms. The molecule has 0 radical (unpaired) electrons. The van der Waals surface area contributed by atoms with E-state index in [1.54, 1.807) is 45.0 Å². The first-order valence-electron chi connectivity index (χ1n) is 7.97. The summed E-state index contributed by atoms with van der Waals surface area (Å²) in [6.45, 7) is 5.19. The van der Waals surface area contributed by atoms with Gasteiger partial charge in [-0.2, -0.15) is 0 Å². The minimum absolute atomic E-state index is 0. The van der Waals surface area contributed by atoms with Crippen molar-refractivity contribution in [1.82, 2.24) is 10.2 Å². The van der Waals surface area contributed by atoms with Crippen molar-refractivity contribution < 1.29 is 77.0 Å². The van der Waals surface area contributed by atoms with Gasteiger partial charge in [-0.25, -0.2) is 4.79 Å². The van der Waals surface area contributed by atoms with E-state index in [2.05, 4.69) is 5.32 Å². The van der Waals surface area contributed by atoms with Crippen LogP contribution in [0.4, 0.5) is 0 Å². The number of ether oxygens (including phenoxy) is 1. The first-order valence-corrected chi connectivity index (χ1v) is 8.85. The van der Waals surface area contributed by atoms with Crippen molar-refractivity contribution in [2.75, 3.05) is 0 Å². The van der Waals surface area contributed by atoms with E-state index in [9.17, 15) is 19.5 Å². The first kappa shape index (κ1) is 21.7. The fraction of sp³-hybridized carbons (Fsp3) is 0.471. The number of rotatable bonds is 5. The molecular weight excluding hydrogens is 383 g/mol. The molecule has 2 amide bonds. The van der Waals surface area contributed by atoms with E-state index in [0.29, 0.717) is 5.75 Å². The predicted molar refractivity (Wildman–Crippen MR) is 93.3 cm³/mol. The second-order valence-corrected chi connectivity index (χ2v) is 8.43. The van der Waals surface area contributed by atoms with Crippen molar-refractivity contribution >= 4 is 29.5 Å². The summed E-state index contributed by atoms with van der Waals surface area (Å²) in [5.74, 6) is -1.23. The van der Waals surface area contributed by atoms with Crippen LogP contribution in [0.1, 0.15) is 22.2 Å². The number of benzene rings is 1. The molecule has 7 nitrogen and oxygen atoms in total. The molecule has 2 fully saturated rings. The standard InChI is InChI=1S/C17H20N2O5S.K.H/c1-9(24-10-7-5-4-6-8-10)13(20)18-11-14(21)19-12(16(22)23)17(2,3)25-15(11)19;;/h4-9,11-12,15H,1-3H3,(H,18,20)(H,22,23);;/q;+1;-1/t9-,11-,12+,15-;;/m1../s1. The molecule has 9 heteroatoms. The molecule has 0 saturated carbocycles. The smallest absolute Gasteiger partial charge is 1.00 e. The number of thioether (sulfide) groups is 1. The van der Waals surface area contributed by atoms with Gasteiger partial charge in [-0.15, -0.1) is 11.8 Å². The van der Waals surface area contributed by atoms with Crippen molar-refractivity contribution in [3.8, 4) is 5.75 Å². The molecule has 3 rings (SSSR count). The van der Waals surface area contributed by atoms with Crippen LogP contribution in [0, 0.1) is 0 Å². The maximum absolute atomic E-state index is 12.4. The minimum Gasteiger partial charge on any atom is -1.00 e. The second-order valence-electron chi connectivity index (χ2n) is 6.66. The average molecular weight is 405 g/mol. The van der Waals surface area contributed by atoms with Gasteiger partial charge < -0.3 is 21.5 Å². The van der Waals surface area contributed by atoms with Crippen LogP contribution in [0.5, 0.6) is 5.75 Å². The summed E-state index contributed by atoms with van der Waals surface area (Å²) in [5.41, 5.74) is 0. The second kappa shape index (κ2) is 8.20. The number of carboxylic acid groups (broad SMARTS) is 1. The summed E-state index contributed by atoms with van der Waals surface area (Å²) < 4.78 is 4.94. The van der Waals surface area contributed by atoms with E-state index in [-0.39, 0.29) is 64.1 Å². The van der Waals surface area contributed by atoms with Gasteiger partial charge in [0, 0.05) is 4.75 Å². The third-order valence-corrected chi connectivity index (χ3v) is 5.97. The zero-order valence-electron chi connectivity index (χ0n) is 16.1. The quantitative estimate of drug-likeness (QED) is 0.444. The Labute approximate surface area is 200 Å². The summed E-state index contributed by atoms with van der Waals surface area (Å²) in [6.07, 6.45) is -0.765. The van der Waals surface area contributed by atoms with Gasteiger partial charge in [0.25, 0.3) is 5.91 Å². The number of carbonyl (C=O) groups is 3. The minimum atomic E-state index is -1.03. The van der Waals surface area contributed by atoms with Crippen molar-refractivity contribution in [3.05, 3.63) is 30.3 Å². The SMILES string of the molecule is C[C@@H](Oc1ccccc1)C(=O)N[C@@H]1C(=O)N2[C@@H]1SC(C)(C)[C@@H]2C(=O)O.[H-].[K+]. The molecular formula is C17H21KN2O5S. The van der Waals surface area contributed by atoms with Crippen LogP contribution < -0.4 is 61.4 Å². The number of amides is 2. The Balaban J connectivity index is 0.00000182. The maximum Gasteiger partial charge on any atom is 1.00 e. The molecule has 1 aromatic rings. The van der Waals surface area contributed by atoms with Crippen LogP contribution in [0.2, 0.25) is 0 Å². The van der Waals surface area contributed by atoms with E-state index in [4.69, 9.17) is 4.74 Å². The topological polar surface area (TPSA) is 95.9 Å². The van der Waals surface area contributed by atoms with Gasteiger partial charge in [-0.1, -0.05) is 18.2 Å². The van der Waals surface area contributed by atoms with Crippen molar-refractivity contribution in [1.29, 1.82) is 0 Å². The number of nitrogens with one attached hydrogen (secondary N) is 1. The number of hydrogen-bond acceptors (Lipinski definition) is 5. The molecule has 2 heterocycles. The first-order chi connectivity index (χ1) is 11.7. The average Bonchev–Trinajstić information content (AvgIpc) is 2.81. The summed E-state index contributed by atoms with van der Waals surface area (Å²) in [6, 6.07) is 7.33. The van der Waals surface area contributed by atoms with Gasteiger partial charge in [-0.05, 0) is 32.9 Å². The van der Waals surface area contributed by atoms with Gasteiger partial charge in [0.2, 0.25) is 5.91 Å². The van der Waals surface area contributed by atoms with Crippen LogP contribution in [0.25, 0.3) is 0 Å². The van der Waals surface area contributed by atoms with Gasteiger partial charge >= 0.3 is 57.4 Å². The molecule has 0 unspecified atom stereocenters. The summed E-state index contributed by atoms with van der Waals surface area (Å²) >= 11 is 1.39. The fourth-order valence-electron chi connectivity index (χ4n) is 3.17. The Hall–Kier alpha value is -0.584. The normalized spacial score (nSPS) is 26.8. The number of carbonyl (C=O) groups excluding carboxylic acids is 2. The molecule has 4 atom stereocenters. The molecule has 0 aliphatic carbocycles. The molecule has 0 aromatic heterocycles. The van der Waals surface area contributed by atoms with E-state index in [0.717, 1.165) is 0 Å². The van der Waals surface area contributed by atoms with Gasteiger partial charge in [-0.3, -0.25) is 9.59 Å².